The molecule has 1 aromatic heterocycles. The fourth-order valence-electron chi connectivity index (χ4n) is 4.56. The van der Waals surface area contributed by atoms with E-state index in [2.05, 4.69) is 11.0 Å². The fourth-order valence-corrected chi connectivity index (χ4v) is 7.18. The van der Waals surface area contributed by atoms with E-state index in [0.29, 0.717) is 43.2 Å². The van der Waals surface area contributed by atoms with Gasteiger partial charge in [-0.15, -0.1) is 11.3 Å². The minimum atomic E-state index is -3.43. The number of amides is 1. The van der Waals surface area contributed by atoms with Gasteiger partial charge in [0.2, 0.25) is 12.7 Å². The minimum absolute atomic E-state index is 0.0924. The van der Waals surface area contributed by atoms with E-state index >= 15 is 0 Å². The molecule has 1 aromatic carbocycles. The summed E-state index contributed by atoms with van der Waals surface area (Å²) in [5.74, 6) is 1.66. The zero-order chi connectivity index (χ0) is 22.1. The van der Waals surface area contributed by atoms with Crippen LogP contribution in [-0.2, 0) is 21.4 Å². The zero-order valence-electron chi connectivity index (χ0n) is 17.8. The maximum atomic E-state index is 13.0. The smallest absolute Gasteiger partial charge is 0.252 e. The van der Waals surface area contributed by atoms with Crippen molar-refractivity contribution >= 4 is 27.3 Å². The maximum absolute atomic E-state index is 13.0. The van der Waals surface area contributed by atoms with Gasteiger partial charge in [0.1, 0.15) is 4.21 Å². The van der Waals surface area contributed by atoms with Crippen molar-refractivity contribution in [3.05, 3.63) is 41.3 Å². The van der Waals surface area contributed by atoms with Crippen molar-refractivity contribution in [3.8, 4) is 11.5 Å². The summed E-state index contributed by atoms with van der Waals surface area (Å²) in [5, 5.41) is 1.77. The number of fused-ring (bicyclic) bond motifs is 1. The molecule has 0 atom stereocenters. The molecule has 32 heavy (non-hydrogen) atoms. The molecular weight excluding hydrogens is 450 g/mol. The number of carbonyl (C=O) groups excluding carboxylic acids is 1. The van der Waals surface area contributed by atoms with Crippen LogP contribution in [0.15, 0.2) is 39.9 Å². The lowest BCUT2D eigenvalue weighted by Crippen LogP contribution is -2.51. The number of benzene rings is 1. The summed E-state index contributed by atoms with van der Waals surface area (Å²) in [4.78, 5) is 17.3. The Hall–Kier alpha value is -2.14. The monoisotopic (exact) mass is 477 g/mol. The Morgan fingerprint density at radius 2 is 1.75 bits per heavy atom. The van der Waals surface area contributed by atoms with Crippen LogP contribution in [-0.4, -0.2) is 74.5 Å². The van der Waals surface area contributed by atoms with E-state index in [1.54, 1.807) is 17.5 Å². The van der Waals surface area contributed by atoms with Crippen LogP contribution in [0.2, 0.25) is 0 Å². The number of rotatable bonds is 5. The molecule has 10 heteroatoms. The molecule has 172 valence electrons. The summed E-state index contributed by atoms with van der Waals surface area (Å²) in [7, 11) is -3.43. The predicted octanol–water partition coefficient (Wildman–Crippen LogP) is 2.22. The van der Waals surface area contributed by atoms with Gasteiger partial charge in [-0.2, -0.15) is 4.31 Å². The Morgan fingerprint density at radius 1 is 1.00 bits per heavy atom. The lowest BCUT2D eigenvalue weighted by molar-refractivity contribution is -0.138. The molecule has 3 aliphatic heterocycles. The first-order chi connectivity index (χ1) is 15.5. The quantitative estimate of drug-likeness (QED) is 0.657. The fraction of sp³-hybridized carbons (Fsp3) is 0.500. The Labute approximate surface area is 192 Å². The maximum Gasteiger partial charge on any atom is 0.252 e. The lowest BCUT2D eigenvalue weighted by Gasteiger charge is -2.38. The van der Waals surface area contributed by atoms with Crippen LogP contribution in [0.1, 0.15) is 18.4 Å². The average molecular weight is 478 g/mol. The standard InChI is InChI=1S/C22H27N3O5S2/c26-22(18-5-7-25(8-6-18)32(27,28)21-2-1-13-31-21)24-11-9-23(10-12-24)15-17-3-4-19-20(14-17)30-16-29-19/h1-4,13-14,18H,5-12,15-16H2. The van der Waals surface area contributed by atoms with Crippen LogP contribution in [0.3, 0.4) is 0 Å². The van der Waals surface area contributed by atoms with Gasteiger partial charge in [0.05, 0.1) is 0 Å². The first-order valence-electron chi connectivity index (χ1n) is 10.9. The van der Waals surface area contributed by atoms with Gasteiger partial charge in [-0.05, 0) is 42.0 Å². The van der Waals surface area contributed by atoms with E-state index in [9.17, 15) is 13.2 Å². The third kappa shape index (κ3) is 4.36. The second kappa shape index (κ2) is 9.01. The molecule has 1 amide bonds. The van der Waals surface area contributed by atoms with Crippen molar-refractivity contribution in [2.24, 2.45) is 5.92 Å². The van der Waals surface area contributed by atoms with Gasteiger partial charge in [0.15, 0.2) is 11.5 Å². The summed E-state index contributed by atoms with van der Waals surface area (Å²) in [5.41, 5.74) is 1.17. The van der Waals surface area contributed by atoms with E-state index < -0.39 is 10.0 Å². The van der Waals surface area contributed by atoms with E-state index in [1.807, 2.05) is 17.0 Å². The molecule has 2 fully saturated rings. The molecule has 2 saturated heterocycles. The molecule has 0 saturated carbocycles. The highest BCUT2D eigenvalue weighted by molar-refractivity contribution is 7.91. The highest BCUT2D eigenvalue weighted by Gasteiger charge is 2.35. The molecule has 2 aromatic rings. The van der Waals surface area contributed by atoms with Gasteiger partial charge in [-0.1, -0.05) is 12.1 Å². The number of ether oxygens (including phenoxy) is 2. The number of piperidine rings is 1. The number of thiophene rings is 1. The normalized spacial score (nSPS) is 20.6. The first-order valence-corrected chi connectivity index (χ1v) is 13.3. The Morgan fingerprint density at radius 3 is 2.47 bits per heavy atom. The summed E-state index contributed by atoms with van der Waals surface area (Å²) < 4.78 is 38.1. The van der Waals surface area contributed by atoms with Crippen molar-refractivity contribution in [2.75, 3.05) is 46.1 Å². The molecule has 0 spiro atoms. The molecule has 4 heterocycles. The van der Waals surface area contributed by atoms with Gasteiger partial charge < -0.3 is 14.4 Å². The summed E-state index contributed by atoms with van der Waals surface area (Å²) >= 11 is 1.24. The Balaban J connectivity index is 1.10. The van der Waals surface area contributed by atoms with Crippen LogP contribution in [0, 0.1) is 5.92 Å². The number of piperazine rings is 1. The molecular formula is C22H27N3O5S2. The molecule has 8 nitrogen and oxygen atoms in total. The van der Waals surface area contributed by atoms with E-state index in [4.69, 9.17) is 9.47 Å². The highest BCUT2D eigenvalue weighted by Crippen LogP contribution is 2.33. The topological polar surface area (TPSA) is 79.4 Å². The summed E-state index contributed by atoms with van der Waals surface area (Å²) in [6.07, 6.45) is 1.17. The molecule has 0 N–H and O–H groups in total. The first kappa shape index (κ1) is 21.7. The van der Waals surface area contributed by atoms with Gasteiger partial charge in [-0.3, -0.25) is 9.69 Å². The van der Waals surface area contributed by atoms with Crippen LogP contribution >= 0.6 is 11.3 Å². The molecule has 3 aliphatic rings. The largest absolute Gasteiger partial charge is 0.454 e. The van der Waals surface area contributed by atoms with Crippen LogP contribution in [0.4, 0.5) is 0 Å². The number of nitrogens with zero attached hydrogens (tertiary/aromatic N) is 3. The van der Waals surface area contributed by atoms with E-state index in [-0.39, 0.29) is 18.6 Å². The number of sulfonamides is 1. The molecule has 0 aliphatic carbocycles. The van der Waals surface area contributed by atoms with Gasteiger partial charge in [0, 0.05) is 51.7 Å². The second-order valence-corrected chi connectivity index (χ2v) is 11.5. The molecule has 5 rings (SSSR count). The van der Waals surface area contributed by atoms with Crippen molar-refractivity contribution < 1.29 is 22.7 Å². The zero-order valence-corrected chi connectivity index (χ0v) is 19.4. The molecule has 0 bridgehead atoms. The van der Waals surface area contributed by atoms with Crippen molar-refractivity contribution in [2.45, 2.75) is 23.6 Å². The predicted molar refractivity (Wildman–Crippen MR) is 120 cm³/mol. The van der Waals surface area contributed by atoms with Crippen LogP contribution in [0.5, 0.6) is 11.5 Å². The third-order valence-electron chi connectivity index (χ3n) is 6.42. The van der Waals surface area contributed by atoms with Crippen LogP contribution in [0.25, 0.3) is 0 Å². The van der Waals surface area contributed by atoms with Gasteiger partial charge in [-0.25, -0.2) is 8.42 Å². The van der Waals surface area contributed by atoms with Gasteiger partial charge in [0.25, 0.3) is 10.0 Å². The average Bonchev–Trinajstić information content (AvgIpc) is 3.52. The number of carbonyl (C=O) groups is 1. The van der Waals surface area contributed by atoms with Crippen molar-refractivity contribution in [1.29, 1.82) is 0 Å². The minimum Gasteiger partial charge on any atom is -0.454 e. The summed E-state index contributed by atoms with van der Waals surface area (Å²) in [6.45, 7) is 4.96. The summed E-state index contributed by atoms with van der Waals surface area (Å²) in [6, 6.07) is 9.42. The van der Waals surface area contributed by atoms with Crippen molar-refractivity contribution in [1.82, 2.24) is 14.1 Å². The highest BCUT2D eigenvalue weighted by atomic mass is 32.2. The number of hydrogen-bond acceptors (Lipinski definition) is 7. The lowest BCUT2D eigenvalue weighted by atomic mass is 9.96. The molecule has 0 unspecified atom stereocenters. The Bertz CT molecular complexity index is 1060. The van der Waals surface area contributed by atoms with Gasteiger partial charge >= 0.3 is 0 Å². The third-order valence-corrected chi connectivity index (χ3v) is 9.69. The van der Waals surface area contributed by atoms with E-state index in [0.717, 1.165) is 31.1 Å². The molecule has 0 radical (unpaired) electrons. The number of hydrogen-bond donors (Lipinski definition) is 0. The van der Waals surface area contributed by atoms with Crippen molar-refractivity contribution in [3.63, 3.8) is 0 Å². The van der Waals surface area contributed by atoms with Crippen LogP contribution < -0.4 is 9.47 Å². The second-order valence-electron chi connectivity index (χ2n) is 8.40. The Kier molecular flexibility index (Phi) is 6.11. The van der Waals surface area contributed by atoms with E-state index in [1.165, 1.54) is 21.2 Å². The SMILES string of the molecule is O=C(C1CCN(S(=O)(=O)c2cccs2)CC1)N1CCN(Cc2ccc3c(c2)OCO3)CC1.